The maximum absolute atomic E-state index is 11.2. The quantitative estimate of drug-likeness (QED) is 0.654. The van der Waals surface area contributed by atoms with Gasteiger partial charge in [0.15, 0.2) is 9.84 Å². The molecule has 1 fully saturated rings. The van der Waals surface area contributed by atoms with Crippen LogP contribution in [0.5, 0.6) is 0 Å². The Labute approximate surface area is 79.3 Å². The molecule has 13 heavy (non-hydrogen) atoms. The van der Waals surface area contributed by atoms with Gasteiger partial charge in [0, 0.05) is 0 Å². The molecular formula is C8H17NO3S. The highest BCUT2D eigenvalue weighted by Gasteiger charge is 2.41. The molecular weight excluding hydrogens is 190 g/mol. The third kappa shape index (κ3) is 2.65. The van der Waals surface area contributed by atoms with Gasteiger partial charge in [-0.05, 0) is 19.4 Å². The Bertz CT molecular complexity index is 263. The minimum atomic E-state index is -2.92. The third-order valence-electron chi connectivity index (χ3n) is 2.44. The molecule has 0 spiro atoms. The number of hydrogen-bond acceptors (Lipinski definition) is 4. The summed E-state index contributed by atoms with van der Waals surface area (Å²) in [5, 5.41) is 12.3. The largest absolute Gasteiger partial charge is 0.394 e. The van der Waals surface area contributed by atoms with Crippen molar-refractivity contribution < 1.29 is 13.5 Å². The molecule has 0 aliphatic carbocycles. The Hall–Kier alpha value is -0.130. The van der Waals surface area contributed by atoms with Gasteiger partial charge in [0.1, 0.15) is 0 Å². The number of rotatable bonds is 4. The second-order valence-corrected chi connectivity index (χ2v) is 5.89. The number of aliphatic hydroxyl groups excluding tert-OH is 1. The molecule has 1 saturated heterocycles. The molecule has 0 bridgehead atoms. The Morgan fingerprint density at radius 3 is 2.62 bits per heavy atom. The van der Waals surface area contributed by atoms with Gasteiger partial charge in [0.2, 0.25) is 0 Å². The number of hydrogen-bond donors (Lipinski definition) is 2. The molecule has 5 heteroatoms. The fourth-order valence-corrected chi connectivity index (χ4v) is 3.65. The Balaban J connectivity index is 2.63. The lowest BCUT2D eigenvalue weighted by molar-refractivity contribution is 0.179. The molecule has 0 aromatic carbocycles. The second kappa shape index (κ2) is 3.94. The summed E-state index contributed by atoms with van der Waals surface area (Å²) in [7, 11) is -2.92. The normalized spacial score (nSPS) is 32.2. The molecule has 0 radical (unpaired) electrons. The predicted octanol–water partition coefficient (Wildman–Crippen LogP) is -0.464. The van der Waals surface area contributed by atoms with Crippen LogP contribution < -0.4 is 5.32 Å². The average molecular weight is 207 g/mol. The van der Waals surface area contributed by atoms with Gasteiger partial charge in [0.05, 0.1) is 23.7 Å². The van der Waals surface area contributed by atoms with Crippen molar-refractivity contribution in [3.05, 3.63) is 0 Å². The van der Waals surface area contributed by atoms with Crippen molar-refractivity contribution in [2.45, 2.75) is 25.3 Å². The highest BCUT2D eigenvalue weighted by molar-refractivity contribution is 7.91. The van der Waals surface area contributed by atoms with Gasteiger partial charge >= 0.3 is 0 Å². The van der Waals surface area contributed by atoms with Crippen LogP contribution in [0.1, 0.15) is 19.8 Å². The summed E-state index contributed by atoms with van der Waals surface area (Å²) in [6.07, 6.45) is 1.48. The lowest BCUT2D eigenvalue weighted by atomic mass is 10.0. The van der Waals surface area contributed by atoms with E-state index in [2.05, 4.69) is 5.32 Å². The maximum Gasteiger partial charge on any atom is 0.152 e. The first-order valence-corrected chi connectivity index (χ1v) is 6.42. The van der Waals surface area contributed by atoms with Gasteiger partial charge in [-0.2, -0.15) is 0 Å². The van der Waals surface area contributed by atoms with Gasteiger partial charge in [-0.15, -0.1) is 0 Å². The van der Waals surface area contributed by atoms with Crippen LogP contribution in [-0.4, -0.2) is 43.7 Å². The van der Waals surface area contributed by atoms with Crippen molar-refractivity contribution in [3.8, 4) is 0 Å². The van der Waals surface area contributed by atoms with E-state index in [9.17, 15) is 8.42 Å². The zero-order valence-corrected chi connectivity index (χ0v) is 8.73. The minimum absolute atomic E-state index is 0.0799. The molecule has 0 amide bonds. The highest BCUT2D eigenvalue weighted by atomic mass is 32.2. The fourth-order valence-electron chi connectivity index (χ4n) is 1.63. The first-order chi connectivity index (χ1) is 6.04. The Kier molecular flexibility index (Phi) is 3.32. The zero-order chi connectivity index (χ0) is 9.95. The van der Waals surface area contributed by atoms with Crippen LogP contribution >= 0.6 is 0 Å². The van der Waals surface area contributed by atoms with Crippen molar-refractivity contribution in [2.75, 3.05) is 24.7 Å². The van der Waals surface area contributed by atoms with Crippen molar-refractivity contribution in [3.63, 3.8) is 0 Å². The van der Waals surface area contributed by atoms with Crippen LogP contribution in [0.2, 0.25) is 0 Å². The van der Waals surface area contributed by atoms with E-state index in [1.165, 1.54) is 0 Å². The molecule has 78 valence electrons. The van der Waals surface area contributed by atoms with Crippen molar-refractivity contribution in [1.29, 1.82) is 0 Å². The molecule has 2 N–H and O–H groups in total. The van der Waals surface area contributed by atoms with E-state index in [1.807, 2.05) is 6.92 Å². The topological polar surface area (TPSA) is 66.4 Å². The van der Waals surface area contributed by atoms with Crippen LogP contribution in [0, 0.1) is 0 Å². The van der Waals surface area contributed by atoms with Gasteiger partial charge in [-0.1, -0.05) is 6.92 Å². The molecule has 0 aromatic rings. The van der Waals surface area contributed by atoms with Crippen LogP contribution in [0.3, 0.4) is 0 Å². The lowest BCUT2D eigenvalue weighted by Crippen LogP contribution is -2.49. The molecule has 1 rings (SSSR count). The number of nitrogens with one attached hydrogen (secondary N) is 1. The first kappa shape index (κ1) is 10.9. The second-order valence-electron chi connectivity index (χ2n) is 3.71. The van der Waals surface area contributed by atoms with Gasteiger partial charge < -0.3 is 10.4 Å². The molecule has 4 nitrogen and oxygen atoms in total. The van der Waals surface area contributed by atoms with E-state index in [0.29, 0.717) is 6.42 Å². The summed E-state index contributed by atoms with van der Waals surface area (Å²) in [5.41, 5.74) is -0.561. The molecule has 1 aliphatic heterocycles. The lowest BCUT2D eigenvalue weighted by Gasteiger charge is -2.26. The Morgan fingerprint density at radius 2 is 2.23 bits per heavy atom. The van der Waals surface area contributed by atoms with Gasteiger partial charge in [0.25, 0.3) is 0 Å². The molecule has 1 heterocycles. The summed E-state index contributed by atoms with van der Waals surface area (Å²) in [6.45, 7) is 2.68. The number of sulfone groups is 1. The first-order valence-electron chi connectivity index (χ1n) is 4.60. The molecule has 0 saturated carbocycles. The van der Waals surface area contributed by atoms with Gasteiger partial charge in [-0.3, -0.25) is 0 Å². The summed E-state index contributed by atoms with van der Waals surface area (Å²) in [4.78, 5) is 0. The van der Waals surface area contributed by atoms with E-state index in [4.69, 9.17) is 5.11 Å². The SMILES string of the molecule is CCCNC1(CO)CCS(=O)(=O)C1. The van der Waals surface area contributed by atoms with E-state index < -0.39 is 15.4 Å². The van der Waals surface area contributed by atoms with Crippen molar-refractivity contribution >= 4 is 9.84 Å². The zero-order valence-electron chi connectivity index (χ0n) is 7.91. The van der Waals surface area contributed by atoms with Crippen LogP contribution in [-0.2, 0) is 9.84 Å². The molecule has 1 unspecified atom stereocenters. The standard InChI is InChI=1S/C8H17NO3S/c1-2-4-9-8(6-10)3-5-13(11,12)7-8/h9-10H,2-7H2,1H3. The monoisotopic (exact) mass is 207 g/mol. The summed E-state index contributed by atoms with van der Waals surface area (Å²) in [6, 6.07) is 0. The molecule has 0 aromatic heterocycles. The maximum atomic E-state index is 11.2. The van der Waals surface area contributed by atoms with E-state index in [0.717, 1.165) is 13.0 Å². The van der Waals surface area contributed by atoms with E-state index in [1.54, 1.807) is 0 Å². The summed E-state index contributed by atoms with van der Waals surface area (Å²) >= 11 is 0. The van der Waals surface area contributed by atoms with E-state index in [-0.39, 0.29) is 18.1 Å². The summed E-state index contributed by atoms with van der Waals surface area (Å²) in [5.74, 6) is 0.279. The van der Waals surface area contributed by atoms with Crippen molar-refractivity contribution in [2.24, 2.45) is 0 Å². The average Bonchev–Trinajstić information content (AvgIpc) is 2.40. The Morgan fingerprint density at radius 1 is 1.54 bits per heavy atom. The van der Waals surface area contributed by atoms with Crippen LogP contribution in [0.15, 0.2) is 0 Å². The van der Waals surface area contributed by atoms with Gasteiger partial charge in [-0.25, -0.2) is 8.42 Å². The van der Waals surface area contributed by atoms with E-state index >= 15 is 0 Å². The van der Waals surface area contributed by atoms with Crippen LogP contribution in [0.25, 0.3) is 0 Å². The highest BCUT2D eigenvalue weighted by Crippen LogP contribution is 2.22. The minimum Gasteiger partial charge on any atom is -0.394 e. The predicted molar refractivity (Wildman–Crippen MR) is 51.4 cm³/mol. The third-order valence-corrected chi connectivity index (χ3v) is 4.26. The number of aliphatic hydroxyl groups is 1. The smallest absolute Gasteiger partial charge is 0.152 e. The van der Waals surface area contributed by atoms with Crippen molar-refractivity contribution in [1.82, 2.24) is 5.32 Å². The fraction of sp³-hybridized carbons (Fsp3) is 1.00. The molecule has 1 atom stereocenters. The van der Waals surface area contributed by atoms with Crippen LogP contribution in [0.4, 0.5) is 0 Å². The molecule has 1 aliphatic rings. The summed E-state index contributed by atoms with van der Waals surface area (Å²) < 4.78 is 22.4.